The molecule has 228 valence electrons. The number of pyridine rings is 1. The third-order valence-corrected chi connectivity index (χ3v) is 11.5. The molecule has 2 heterocycles. The van der Waals surface area contributed by atoms with Gasteiger partial charge in [-0.25, -0.2) is 14.8 Å². The van der Waals surface area contributed by atoms with Crippen molar-refractivity contribution in [2.45, 2.75) is 38.1 Å². The number of rotatable bonds is 6. The zero-order chi connectivity index (χ0) is 31.2. The van der Waals surface area contributed by atoms with E-state index in [1.807, 2.05) is 42.5 Å². The highest BCUT2D eigenvalue weighted by Gasteiger charge is 2.65. The summed E-state index contributed by atoms with van der Waals surface area (Å²) in [6.07, 6.45) is 6.52. The van der Waals surface area contributed by atoms with Gasteiger partial charge in [-0.05, 0) is 127 Å². The lowest BCUT2D eigenvalue weighted by molar-refractivity contribution is -0.104. The number of carboxylic acid groups (broad SMARTS) is 1. The van der Waals surface area contributed by atoms with Crippen LogP contribution in [-0.2, 0) is 0 Å². The van der Waals surface area contributed by atoms with E-state index in [9.17, 15) is 9.90 Å². The maximum atomic E-state index is 11.8. The molecule has 46 heavy (non-hydrogen) atoms. The number of aromatic carboxylic acids is 1. The summed E-state index contributed by atoms with van der Waals surface area (Å²) in [6.45, 7) is 0. The maximum Gasteiger partial charge on any atom is 0.335 e. The number of halogens is 1. The predicted octanol–water partition coefficient (Wildman–Crippen LogP) is 9.70. The number of ether oxygens (including phenoxy) is 1. The summed E-state index contributed by atoms with van der Waals surface area (Å²) in [6, 6.07) is 30.2. The standard InChI is InChI=1S/C39H32ClN3O3/c1-46-28-10-11-29(22-2-8-27(40)9-3-22)30(20-28)33-14-4-23-18-24(5-13-32(23)41-33)37-42-34-19-25(38(44)45)6-15-35(34)43(37)36-21-39-17-16-26(39)7-12-31(36)39/h2-6,8-11,13-15,18-20,26,31,36H,7,12,16-17,21H2,1H3,(H,44,45). The van der Waals surface area contributed by atoms with Crippen molar-refractivity contribution in [1.29, 1.82) is 0 Å². The Bertz CT molecular complexity index is 2210. The van der Waals surface area contributed by atoms with E-state index in [-0.39, 0.29) is 5.56 Å². The molecule has 0 amide bonds. The van der Waals surface area contributed by atoms with Gasteiger partial charge in [0, 0.05) is 27.6 Å². The molecule has 6 aromatic rings. The Kier molecular flexibility index (Phi) is 6.10. The van der Waals surface area contributed by atoms with E-state index in [0.29, 0.717) is 22.4 Å². The third-order valence-electron chi connectivity index (χ3n) is 11.3. The van der Waals surface area contributed by atoms with Gasteiger partial charge in [-0.3, -0.25) is 0 Å². The van der Waals surface area contributed by atoms with E-state index in [1.54, 1.807) is 19.2 Å². The number of carbonyl (C=O) groups is 1. The van der Waals surface area contributed by atoms with Crippen molar-refractivity contribution in [2.75, 3.05) is 7.11 Å². The zero-order valence-corrected chi connectivity index (χ0v) is 26.2. The fourth-order valence-corrected chi connectivity index (χ4v) is 9.00. The first-order valence-electron chi connectivity index (χ1n) is 16.0. The smallest absolute Gasteiger partial charge is 0.335 e. The van der Waals surface area contributed by atoms with E-state index in [1.165, 1.54) is 32.1 Å². The highest BCUT2D eigenvalue weighted by molar-refractivity contribution is 6.30. The van der Waals surface area contributed by atoms with Crippen LogP contribution in [0.25, 0.3) is 55.7 Å². The highest BCUT2D eigenvalue weighted by atomic mass is 35.5. The average Bonchev–Trinajstić information content (AvgIpc) is 3.52. The lowest BCUT2D eigenvalue weighted by Crippen LogP contribution is -2.53. The number of imidazole rings is 1. The fourth-order valence-electron chi connectivity index (χ4n) is 8.87. The summed E-state index contributed by atoms with van der Waals surface area (Å²) >= 11 is 6.18. The van der Waals surface area contributed by atoms with Gasteiger partial charge in [0.2, 0.25) is 0 Å². The molecule has 3 aliphatic rings. The van der Waals surface area contributed by atoms with Gasteiger partial charge in [-0.2, -0.15) is 0 Å². The fraction of sp³-hybridized carbons (Fsp3) is 0.256. The molecule has 6 nitrogen and oxygen atoms in total. The maximum absolute atomic E-state index is 11.8. The van der Waals surface area contributed by atoms with Crippen molar-refractivity contribution in [3.8, 4) is 39.5 Å². The van der Waals surface area contributed by atoms with Crippen molar-refractivity contribution in [1.82, 2.24) is 14.5 Å². The quantitative estimate of drug-likeness (QED) is 0.199. The van der Waals surface area contributed by atoms with Gasteiger partial charge in [0.1, 0.15) is 11.6 Å². The molecule has 0 aliphatic heterocycles. The number of hydrogen-bond acceptors (Lipinski definition) is 4. The van der Waals surface area contributed by atoms with Crippen LogP contribution in [0.5, 0.6) is 5.75 Å². The van der Waals surface area contributed by atoms with Crippen LogP contribution in [0.4, 0.5) is 0 Å². The number of fused-ring (bicyclic) bond motifs is 2. The second-order valence-corrected chi connectivity index (χ2v) is 13.7. The van der Waals surface area contributed by atoms with Gasteiger partial charge in [0.25, 0.3) is 0 Å². The minimum absolute atomic E-state index is 0.263. The van der Waals surface area contributed by atoms with Gasteiger partial charge < -0.3 is 14.4 Å². The van der Waals surface area contributed by atoms with Gasteiger partial charge in [0.15, 0.2) is 0 Å². The number of benzene rings is 4. The Balaban J connectivity index is 1.14. The lowest BCUT2D eigenvalue weighted by Gasteiger charge is -2.61. The largest absolute Gasteiger partial charge is 0.497 e. The minimum Gasteiger partial charge on any atom is -0.497 e. The van der Waals surface area contributed by atoms with E-state index in [4.69, 9.17) is 26.3 Å². The molecular weight excluding hydrogens is 594 g/mol. The molecular formula is C39H32ClN3O3. The summed E-state index contributed by atoms with van der Waals surface area (Å²) in [4.78, 5) is 22.0. The van der Waals surface area contributed by atoms with Crippen molar-refractivity contribution in [2.24, 2.45) is 17.3 Å². The second-order valence-electron chi connectivity index (χ2n) is 13.3. The Labute approximate surface area is 271 Å². The molecule has 4 atom stereocenters. The van der Waals surface area contributed by atoms with E-state index >= 15 is 0 Å². The molecule has 9 rings (SSSR count). The van der Waals surface area contributed by atoms with Gasteiger partial charge in [-0.1, -0.05) is 35.9 Å². The monoisotopic (exact) mass is 625 g/mol. The summed E-state index contributed by atoms with van der Waals surface area (Å²) in [5.74, 6) is 2.30. The molecule has 4 unspecified atom stereocenters. The van der Waals surface area contributed by atoms with E-state index < -0.39 is 5.97 Å². The Morgan fingerprint density at radius 2 is 1.72 bits per heavy atom. The second kappa shape index (κ2) is 10.2. The summed E-state index contributed by atoms with van der Waals surface area (Å²) in [7, 11) is 1.67. The van der Waals surface area contributed by atoms with E-state index in [0.717, 1.165) is 67.4 Å². The molecule has 1 spiro atoms. The Hall–Kier alpha value is -4.68. The summed E-state index contributed by atoms with van der Waals surface area (Å²) < 4.78 is 8.01. The van der Waals surface area contributed by atoms with Gasteiger partial charge in [-0.15, -0.1) is 0 Å². The third kappa shape index (κ3) is 4.06. The normalized spacial score (nSPS) is 23.0. The van der Waals surface area contributed by atoms with Crippen LogP contribution in [0.3, 0.4) is 0 Å². The first kappa shape index (κ1) is 27.6. The first-order chi connectivity index (χ1) is 22.4. The van der Waals surface area contributed by atoms with E-state index in [2.05, 4.69) is 41.0 Å². The molecule has 4 aromatic carbocycles. The number of nitrogens with zero attached hydrogens (tertiary/aromatic N) is 3. The minimum atomic E-state index is -0.934. The molecule has 1 N–H and O–H groups in total. The molecule has 3 saturated carbocycles. The lowest BCUT2D eigenvalue weighted by atomic mass is 9.46. The molecule has 3 fully saturated rings. The molecule has 0 saturated heterocycles. The first-order valence-corrected chi connectivity index (χ1v) is 16.4. The molecule has 0 bridgehead atoms. The predicted molar refractivity (Wildman–Crippen MR) is 181 cm³/mol. The van der Waals surface area contributed by atoms with Crippen molar-refractivity contribution >= 4 is 39.5 Å². The van der Waals surface area contributed by atoms with Crippen LogP contribution in [0.2, 0.25) is 5.02 Å². The van der Waals surface area contributed by atoms with Gasteiger partial charge in [0.05, 0.1) is 34.9 Å². The van der Waals surface area contributed by atoms with Crippen LogP contribution in [0, 0.1) is 17.3 Å². The topological polar surface area (TPSA) is 77.2 Å². The number of aromatic nitrogens is 3. The summed E-state index contributed by atoms with van der Waals surface area (Å²) in [5.41, 5.74) is 8.38. The Morgan fingerprint density at radius 3 is 2.50 bits per heavy atom. The van der Waals surface area contributed by atoms with Crippen molar-refractivity contribution < 1.29 is 14.6 Å². The highest BCUT2D eigenvalue weighted by Crippen LogP contribution is 2.74. The van der Waals surface area contributed by atoms with Crippen LogP contribution in [0.15, 0.2) is 91.0 Å². The molecule has 0 radical (unpaired) electrons. The SMILES string of the molecule is COc1ccc(-c2ccc(Cl)cc2)c(-c2ccc3cc(-c4nc5cc(C(=O)O)ccc5n4C4CC56CCC5CCC46)ccc3n2)c1. The zero-order valence-electron chi connectivity index (χ0n) is 25.4. The van der Waals surface area contributed by atoms with Crippen molar-refractivity contribution in [3.05, 3.63) is 102 Å². The van der Waals surface area contributed by atoms with Crippen LogP contribution in [0.1, 0.15) is 48.5 Å². The molecule has 2 aromatic heterocycles. The van der Waals surface area contributed by atoms with Crippen LogP contribution >= 0.6 is 11.6 Å². The average molecular weight is 626 g/mol. The number of carboxylic acids is 1. The Morgan fingerprint density at radius 1 is 0.870 bits per heavy atom. The summed E-state index contributed by atoms with van der Waals surface area (Å²) in [5, 5.41) is 11.4. The van der Waals surface area contributed by atoms with Crippen LogP contribution < -0.4 is 4.74 Å². The molecule has 7 heteroatoms. The van der Waals surface area contributed by atoms with Crippen LogP contribution in [-0.4, -0.2) is 32.7 Å². The van der Waals surface area contributed by atoms with Crippen molar-refractivity contribution in [3.63, 3.8) is 0 Å². The number of methoxy groups -OCH3 is 1. The number of hydrogen-bond donors (Lipinski definition) is 1. The molecule has 3 aliphatic carbocycles. The van der Waals surface area contributed by atoms with Gasteiger partial charge >= 0.3 is 5.97 Å².